The van der Waals surface area contributed by atoms with Crippen LogP contribution < -0.4 is 10.5 Å². The summed E-state index contributed by atoms with van der Waals surface area (Å²) in [4.78, 5) is 0. The van der Waals surface area contributed by atoms with Gasteiger partial charge in [0.25, 0.3) is 0 Å². The largest absolute Gasteiger partial charge is 0.504 e. The van der Waals surface area contributed by atoms with Gasteiger partial charge in [0, 0.05) is 5.56 Å². The minimum absolute atomic E-state index is 0.0196. The Morgan fingerprint density at radius 2 is 1.95 bits per heavy atom. The Morgan fingerprint density at radius 3 is 2.53 bits per heavy atom. The third kappa shape index (κ3) is 1.80. The molecule has 0 aliphatic carbocycles. The number of hydrogen-bond donors (Lipinski definition) is 2. The molecule has 0 fully saturated rings. The second-order valence-corrected chi connectivity index (χ2v) is 3.90. The highest BCUT2D eigenvalue weighted by Gasteiger charge is 2.36. The molecular weight excluding hydrogens is 244 g/mol. The van der Waals surface area contributed by atoms with Crippen molar-refractivity contribution in [2.24, 2.45) is 11.7 Å². The lowest BCUT2D eigenvalue weighted by molar-refractivity contribution is 0.351. The summed E-state index contributed by atoms with van der Waals surface area (Å²) in [6.07, 6.45) is 0. The van der Waals surface area contributed by atoms with E-state index in [9.17, 15) is 5.11 Å². The number of nitriles is 3. The molecule has 1 aromatic carbocycles. The first kappa shape index (κ1) is 12.3. The van der Waals surface area contributed by atoms with Gasteiger partial charge in [-0.05, 0) is 6.07 Å². The molecule has 0 aromatic heterocycles. The lowest BCUT2D eigenvalue weighted by Crippen LogP contribution is -2.24. The summed E-state index contributed by atoms with van der Waals surface area (Å²) < 4.78 is 5.20. The van der Waals surface area contributed by atoms with Gasteiger partial charge in [-0.1, -0.05) is 12.1 Å². The van der Waals surface area contributed by atoms with Crippen LogP contribution in [0.4, 0.5) is 0 Å². The molecule has 6 nitrogen and oxygen atoms in total. The monoisotopic (exact) mass is 252 g/mol. The molecule has 1 aliphatic rings. The van der Waals surface area contributed by atoms with Crippen LogP contribution in [0.2, 0.25) is 0 Å². The van der Waals surface area contributed by atoms with Gasteiger partial charge in [0.05, 0.1) is 23.6 Å². The van der Waals surface area contributed by atoms with E-state index in [-0.39, 0.29) is 23.0 Å². The van der Waals surface area contributed by atoms with E-state index in [1.807, 2.05) is 18.2 Å². The summed E-state index contributed by atoms with van der Waals surface area (Å²) >= 11 is 0. The van der Waals surface area contributed by atoms with Crippen LogP contribution in [0.15, 0.2) is 29.7 Å². The van der Waals surface area contributed by atoms with Crippen molar-refractivity contribution in [1.29, 1.82) is 15.8 Å². The average Bonchev–Trinajstić information content (AvgIpc) is 2.41. The first-order chi connectivity index (χ1) is 9.13. The van der Waals surface area contributed by atoms with Gasteiger partial charge in [-0.3, -0.25) is 0 Å². The Bertz CT molecular complexity index is 674. The normalized spacial score (nSPS) is 16.8. The van der Waals surface area contributed by atoms with Crippen LogP contribution in [0.5, 0.6) is 11.5 Å². The highest BCUT2D eigenvalue weighted by atomic mass is 16.5. The summed E-state index contributed by atoms with van der Waals surface area (Å²) in [7, 11) is 0. The molecule has 0 saturated carbocycles. The van der Waals surface area contributed by atoms with E-state index in [1.54, 1.807) is 12.1 Å². The smallest absolute Gasteiger partial charge is 0.205 e. The van der Waals surface area contributed by atoms with E-state index in [1.165, 1.54) is 6.07 Å². The van der Waals surface area contributed by atoms with Crippen LogP contribution >= 0.6 is 0 Å². The Balaban J connectivity index is 2.70. The summed E-state index contributed by atoms with van der Waals surface area (Å²) in [5.74, 6) is -2.18. The maximum Gasteiger partial charge on any atom is 0.205 e. The molecule has 0 bridgehead atoms. The molecule has 0 radical (unpaired) electrons. The number of rotatable bonds is 1. The van der Waals surface area contributed by atoms with Gasteiger partial charge in [-0.15, -0.1) is 0 Å². The molecule has 0 saturated heterocycles. The quantitative estimate of drug-likeness (QED) is 0.773. The zero-order valence-electron chi connectivity index (χ0n) is 9.66. The van der Waals surface area contributed by atoms with Crippen molar-refractivity contribution in [2.45, 2.75) is 5.92 Å². The molecule has 1 aromatic rings. The van der Waals surface area contributed by atoms with Gasteiger partial charge in [0.1, 0.15) is 12.0 Å². The van der Waals surface area contributed by atoms with E-state index in [0.717, 1.165) is 0 Å². The topological polar surface area (TPSA) is 127 Å². The fourth-order valence-corrected chi connectivity index (χ4v) is 2.02. The third-order valence-corrected chi connectivity index (χ3v) is 2.88. The van der Waals surface area contributed by atoms with E-state index >= 15 is 0 Å². The number of allylic oxidation sites excluding steroid dienone is 1. The summed E-state index contributed by atoms with van der Waals surface area (Å²) in [6, 6.07) is 10.0. The van der Waals surface area contributed by atoms with E-state index in [4.69, 9.17) is 26.3 Å². The van der Waals surface area contributed by atoms with Crippen LogP contribution in [0.3, 0.4) is 0 Å². The van der Waals surface area contributed by atoms with E-state index < -0.39 is 11.8 Å². The number of nitrogens with zero attached hydrogens (tertiary/aromatic N) is 3. The van der Waals surface area contributed by atoms with Crippen LogP contribution in [0.25, 0.3) is 0 Å². The second-order valence-electron chi connectivity index (χ2n) is 3.90. The molecule has 0 spiro atoms. The van der Waals surface area contributed by atoms with E-state index in [2.05, 4.69) is 0 Å². The fraction of sp³-hybridized carbons (Fsp3) is 0.154. The molecule has 19 heavy (non-hydrogen) atoms. The molecule has 1 atom stereocenters. The van der Waals surface area contributed by atoms with Crippen molar-refractivity contribution in [2.75, 3.05) is 0 Å². The maximum absolute atomic E-state index is 9.73. The summed E-state index contributed by atoms with van der Waals surface area (Å²) in [6.45, 7) is 0. The van der Waals surface area contributed by atoms with Gasteiger partial charge in [0.15, 0.2) is 11.5 Å². The standard InChI is InChI=1S/C13H8N4O2/c14-4-7(5-15)11-8-2-1-3-10(18)12(8)19-13(17)9(11)6-16/h1-3,7,11,18H,17H2. The van der Waals surface area contributed by atoms with Gasteiger partial charge < -0.3 is 15.6 Å². The van der Waals surface area contributed by atoms with E-state index in [0.29, 0.717) is 5.56 Å². The van der Waals surface area contributed by atoms with Gasteiger partial charge in [0.2, 0.25) is 5.88 Å². The molecule has 1 heterocycles. The van der Waals surface area contributed by atoms with Crippen molar-refractivity contribution in [3.8, 4) is 29.7 Å². The van der Waals surface area contributed by atoms with Gasteiger partial charge in [-0.25, -0.2) is 0 Å². The second kappa shape index (κ2) is 4.60. The molecule has 0 amide bonds. The minimum atomic E-state index is -1.09. The van der Waals surface area contributed by atoms with Crippen LogP contribution in [0, 0.1) is 39.9 Å². The Morgan fingerprint density at radius 1 is 1.26 bits per heavy atom. The lowest BCUT2D eigenvalue weighted by Gasteiger charge is -2.26. The number of nitrogens with two attached hydrogens (primary N) is 1. The third-order valence-electron chi connectivity index (χ3n) is 2.88. The van der Waals surface area contributed by atoms with Gasteiger partial charge in [-0.2, -0.15) is 15.8 Å². The van der Waals surface area contributed by atoms with Gasteiger partial charge >= 0.3 is 0 Å². The number of fused-ring (bicyclic) bond motifs is 1. The van der Waals surface area contributed by atoms with Crippen LogP contribution in [-0.2, 0) is 0 Å². The number of aromatic hydroxyl groups is 1. The van der Waals surface area contributed by atoms with Crippen molar-refractivity contribution < 1.29 is 9.84 Å². The molecule has 1 unspecified atom stereocenters. The van der Waals surface area contributed by atoms with Crippen LogP contribution in [0.1, 0.15) is 11.5 Å². The highest BCUT2D eigenvalue weighted by Crippen LogP contribution is 2.45. The lowest BCUT2D eigenvalue weighted by atomic mass is 9.80. The minimum Gasteiger partial charge on any atom is -0.504 e. The number of phenolic OH excluding ortho intramolecular Hbond substituents is 1. The number of ether oxygens (including phenoxy) is 1. The zero-order valence-corrected chi connectivity index (χ0v) is 9.66. The van der Waals surface area contributed by atoms with Crippen molar-refractivity contribution in [1.82, 2.24) is 0 Å². The Labute approximate surface area is 109 Å². The van der Waals surface area contributed by atoms with Crippen molar-refractivity contribution in [3.63, 3.8) is 0 Å². The first-order valence-corrected chi connectivity index (χ1v) is 5.32. The highest BCUT2D eigenvalue weighted by molar-refractivity contribution is 5.57. The van der Waals surface area contributed by atoms with Crippen molar-refractivity contribution in [3.05, 3.63) is 35.2 Å². The molecule has 3 N–H and O–H groups in total. The predicted molar refractivity (Wildman–Crippen MR) is 63.0 cm³/mol. The number of benzene rings is 1. The summed E-state index contributed by atoms with van der Waals surface area (Å²) in [5.41, 5.74) is 6.04. The number of para-hydroxylation sites is 1. The number of phenols is 1. The molecule has 2 rings (SSSR count). The molecular formula is C13H8N4O2. The number of hydrogen-bond acceptors (Lipinski definition) is 6. The maximum atomic E-state index is 9.73. The SMILES string of the molecule is N#CC1=C(N)Oc2c(O)cccc2C1C(C#N)C#N. The average molecular weight is 252 g/mol. The molecule has 92 valence electrons. The zero-order chi connectivity index (χ0) is 14.0. The van der Waals surface area contributed by atoms with Crippen molar-refractivity contribution >= 4 is 0 Å². The fourth-order valence-electron chi connectivity index (χ4n) is 2.02. The molecule has 6 heteroatoms. The van der Waals surface area contributed by atoms with Crippen LogP contribution in [-0.4, -0.2) is 5.11 Å². The molecule has 1 aliphatic heterocycles. The Hall–Kier alpha value is -3.17. The predicted octanol–water partition coefficient (Wildman–Crippen LogP) is 1.23. The Kier molecular flexibility index (Phi) is 2.98. The summed E-state index contributed by atoms with van der Waals surface area (Å²) in [5, 5.41) is 36.9. The first-order valence-electron chi connectivity index (χ1n) is 5.32.